The van der Waals surface area contributed by atoms with Crippen LogP contribution < -0.4 is 4.90 Å². The predicted molar refractivity (Wildman–Crippen MR) is 126 cm³/mol. The molecule has 1 fully saturated rings. The second-order valence-corrected chi connectivity index (χ2v) is 8.67. The fourth-order valence-corrected chi connectivity index (χ4v) is 4.35. The summed E-state index contributed by atoms with van der Waals surface area (Å²) in [6.07, 6.45) is 0.595. The lowest BCUT2D eigenvalue weighted by molar-refractivity contribution is -0.210. The SMILES string of the molecule is Cn1cc(-c2cc(-c3ccc(N4CCN(C(=O)C(O)C(F)(F)F)CC4)nc3)c3c(C#N)cnn3c2)cn1. The number of aromatic nitrogens is 5. The van der Waals surface area contributed by atoms with E-state index in [1.54, 1.807) is 27.7 Å². The fraction of sp³-hybridized carbons (Fsp3) is 0.292. The van der Waals surface area contributed by atoms with Crippen molar-refractivity contribution in [3.05, 3.63) is 54.7 Å². The Hall–Kier alpha value is -4.44. The third-order valence-corrected chi connectivity index (χ3v) is 6.29. The number of nitrogens with zero attached hydrogens (tertiary/aromatic N) is 8. The zero-order chi connectivity index (χ0) is 26.3. The van der Waals surface area contributed by atoms with Gasteiger partial charge in [-0.1, -0.05) is 0 Å². The highest BCUT2D eigenvalue weighted by atomic mass is 19.4. The van der Waals surface area contributed by atoms with E-state index in [4.69, 9.17) is 0 Å². The van der Waals surface area contributed by atoms with Crippen LogP contribution in [0.15, 0.2) is 49.2 Å². The molecule has 0 saturated carbocycles. The number of piperazine rings is 1. The standard InChI is InChI=1S/C24H21F3N8O2/c1-32-13-18(12-30-32)16-8-19(21-17(9-28)11-31-35(21)14-16)15-2-3-20(29-10-15)33-4-6-34(7-5-33)23(37)22(36)24(25,26)27/h2-3,8,10-14,22,36H,4-7H2,1H3. The van der Waals surface area contributed by atoms with Crippen LogP contribution in [0.1, 0.15) is 5.56 Å². The highest BCUT2D eigenvalue weighted by molar-refractivity contribution is 5.87. The molecule has 0 radical (unpaired) electrons. The highest BCUT2D eigenvalue weighted by Crippen LogP contribution is 2.32. The molecule has 0 spiro atoms. The first-order chi connectivity index (χ1) is 17.7. The quantitative estimate of drug-likeness (QED) is 0.448. The largest absolute Gasteiger partial charge is 0.423 e. The number of hydrogen-bond donors (Lipinski definition) is 1. The van der Waals surface area contributed by atoms with Crippen molar-refractivity contribution in [1.29, 1.82) is 5.26 Å². The summed E-state index contributed by atoms with van der Waals surface area (Å²) >= 11 is 0. The van der Waals surface area contributed by atoms with Crippen molar-refractivity contribution >= 4 is 17.2 Å². The van der Waals surface area contributed by atoms with Gasteiger partial charge in [0.25, 0.3) is 5.91 Å². The summed E-state index contributed by atoms with van der Waals surface area (Å²) in [6, 6.07) is 7.75. The molecule has 4 aromatic rings. The summed E-state index contributed by atoms with van der Waals surface area (Å²) in [7, 11) is 1.82. The third-order valence-electron chi connectivity index (χ3n) is 6.29. The van der Waals surface area contributed by atoms with Gasteiger partial charge in [0.2, 0.25) is 6.10 Å². The molecule has 10 nitrogen and oxygen atoms in total. The first-order valence-electron chi connectivity index (χ1n) is 11.3. The van der Waals surface area contributed by atoms with Crippen molar-refractivity contribution in [2.24, 2.45) is 7.05 Å². The maximum atomic E-state index is 12.7. The summed E-state index contributed by atoms with van der Waals surface area (Å²) in [6.45, 7) is 0.601. The van der Waals surface area contributed by atoms with Crippen LogP contribution in [-0.2, 0) is 11.8 Å². The number of anilines is 1. The van der Waals surface area contributed by atoms with E-state index in [1.165, 1.54) is 6.20 Å². The topological polar surface area (TPSA) is 116 Å². The van der Waals surface area contributed by atoms with Crippen LogP contribution in [0, 0.1) is 11.3 Å². The molecular weight excluding hydrogens is 489 g/mol. The molecule has 5 rings (SSSR count). The number of halogens is 3. The summed E-state index contributed by atoms with van der Waals surface area (Å²) in [5, 5.41) is 27.4. The molecule has 1 N–H and O–H groups in total. The molecule has 0 aliphatic carbocycles. The molecule has 37 heavy (non-hydrogen) atoms. The number of nitriles is 1. The van der Waals surface area contributed by atoms with E-state index >= 15 is 0 Å². The van der Waals surface area contributed by atoms with Gasteiger partial charge in [-0.05, 0) is 18.2 Å². The molecule has 1 atom stereocenters. The number of aliphatic hydroxyl groups excluding tert-OH is 1. The highest BCUT2D eigenvalue weighted by Gasteiger charge is 2.45. The minimum atomic E-state index is -4.99. The Labute approximate surface area is 208 Å². The van der Waals surface area contributed by atoms with Gasteiger partial charge in [0.15, 0.2) is 0 Å². The average Bonchev–Trinajstić information content (AvgIpc) is 3.53. The van der Waals surface area contributed by atoms with Crippen molar-refractivity contribution < 1.29 is 23.1 Å². The number of aryl methyl sites for hydroxylation is 1. The molecule has 1 aliphatic heterocycles. The lowest BCUT2D eigenvalue weighted by atomic mass is 10.0. The number of hydrogen-bond acceptors (Lipinski definition) is 7. The molecule has 1 saturated heterocycles. The Morgan fingerprint density at radius 1 is 1.05 bits per heavy atom. The average molecular weight is 510 g/mol. The number of aliphatic hydroxyl groups is 1. The first-order valence-corrected chi connectivity index (χ1v) is 11.3. The predicted octanol–water partition coefficient (Wildman–Crippen LogP) is 2.24. The van der Waals surface area contributed by atoms with Crippen LogP contribution in [0.3, 0.4) is 0 Å². The van der Waals surface area contributed by atoms with Gasteiger partial charge in [-0.2, -0.15) is 28.6 Å². The molecule has 1 amide bonds. The van der Waals surface area contributed by atoms with Gasteiger partial charge in [0.05, 0.1) is 23.5 Å². The van der Waals surface area contributed by atoms with E-state index in [0.717, 1.165) is 27.2 Å². The number of rotatable bonds is 4. The van der Waals surface area contributed by atoms with E-state index in [9.17, 15) is 28.3 Å². The van der Waals surface area contributed by atoms with Gasteiger partial charge in [-0.25, -0.2) is 9.50 Å². The monoisotopic (exact) mass is 510 g/mol. The number of amides is 1. The van der Waals surface area contributed by atoms with Crippen LogP contribution in [0.25, 0.3) is 27.8 Å². The van der Waals surface area contributed by atoms with E-state index in [-0.39, 0.29) is 26.2 Å². The van der Waals surface area contributed by atoms with E-state index in [2.05, 4.69) is 21.3 Å². The molecule has 13 heteroatoms. The zero-order valence-corrected chi connectivity index (χ0v) is 19.6. The van der Waals surface area contributed by atoms with Crippen LogP contribution in [0.5, 0.6) is 0 Å². The fourth-order valence-electron chi connectivity index (χ4n) is 4.35. The molecule has 0 bridgehead atoms. The van der Waals surface area contributed by atoms with Crippen molar-refractivity contribution in [3.63, 3.8) is 0 Å². The molecule has 5 heterocycles. The Balaban J connectivity index is 1.39. The number of alkyl halides is 3. The Morgan fingerprint density at radius 3 is 2.41 bits per heavy atom. The smallest absolute Gasteiger partial charge is 0.376 e. The summed E-state index contributed by atoms with van der Waals surface area (Å²) in [5.74, 6) is -0.747. The van der Waals surface area contributed by atoms with Gasteiger partial charge in [-0.15, -0.1) is 0 Å². The first kappa shape index (κ1) is 24.3. The van der Waals surface area contributed by atoms with Crippen LogP contribution in [0.2, 0.25) is 0 Å². The molecule has 0 aromatic carbocycles. The molecule has 1 unspecified atom stereocenters. The second-order valence-electron chi connectivity index (χ2n) is 8.67. The lowest BCUT2D eigenvalue weighted by Gasteiger charge is -2.36. The minimum Gasteiger partial charge on any atom is -0.376 e. The van der Waals surface area contributed by atoms with E-state index in [0.29, 0.717) is 16.9 Å². The maximum absolute atomic E-state index is 12.7. The van der Waals surface area contributed by atoms with Gasteiger partial charge in [0, 0.05) is 74.1 Å². The second kappa shape index (κ2) is 9.21. The Kier molecular flexibility index (Phi) is 6.04. The van der Waals surface area contributed by atoms with Crippen LogP contribution >= 0.6 is 0 Å². The van der Waals surface area contributed by atoms with E-state index in [1.807, 2.05) is 36.5 Å². The van der Waals surface area contributed by atoms with Crippen molar-refractivity contribution in [1.82, 2.24) is 29.3 Å². The van der Waals surface area contributed by atoms with Gasteiger partial charge < -0.3 is 14.9 Å². The minimum absolute atomic E-state index is 0.0323. The van der Waals surface area contributed by atoms with Crippen LogP contribution in [-0.4, -0.2) is 78.8 Å². The Morgan fingerprint density at radius 2 is 1.81 bits per heavy atom. The number of carbonyl (C=O) groups excluding carboxylic acids is 1. The number of pyridine rings is 2. The normalized spacial score (nSPS) is 15.1. The molecule has 4 aromatic heterocycles. The summed E-state index contributed by atoms with van der Waals surface area (Å²) in [4.78, 5) is 19.3. The van der Waals surface area contributed by atoms with Crippen molar-refractivity contribution in [3.8, 4) is 28.3 Å². The van der Waals surface area contributed by atoms with Crippen molar-refractivity contribution in [2.45, 2.75) is 12.3 Å². The van der Waals surface area contributed by atoms with E-state index < -0.39 is 18.2 Å². The van der Waals surface area contributed by atoms with Crippen molar-refractivity contribution in [2.75, 3.05) is 31.1 Å². The lowest BCUT2D eigenvalue weighted by Crippen LogP contribution is -2.54. The molecule has 1 aliphatic rings. The number of carbonyl (C=O) groups is 1. The van der Waals surface area contributed by atoms with Gasteiger partial charge in [-0.3, -0.25) is 9.48 Å². The maximum Gasteiger partial charge on any atom is 0.423 e. The molecular formula is C24H21F3N8O2. The third kappa shape index (κ3) is 4.58. The summed E-state index contributed by atoms with van der Waals surface area (Å²) in [5.41, 5.74) is 4.30. The van der Waals surface area contributed by atoms with Gasteiger partial charge in [0.1, 0.15) is 11.9 Å². The number of fused-ring (bicyclic) bond motifs is 1. The van der Waals surface area contributed by atoms with Gasteiger partial charge >= 0.3 is 6.18 Å². The zero-order valence-electron chi connectivity index (χ0n) is 19.6. The summed E-state index contributed by atoms with van der Waals surface area (Å²) < 4.78 is 41.4. The Bertz CT molecular complexity index is 1500. The van der Waals surface area contributed by atoms with Crippen LogP contribution in [0.4, 0.5) is 19.0 Å². The molecule has 190 valence electrons.